The van der Waals surface area contributed by atoms with Gasteiger partial charge in [-0.15, -0.1) is 11.6 Å². The van der Waals surface area contributed by atoms with Gasteiger partial charge in [-0.25, -0.2) is 4.98 Å². The molecule has 0 bridgehead atoms. The van der Waals surface area contributed by atoms with Crippen LogP contribution in [0.15, 0.2) is 36.4 Å². The van der Waals surface area contributed by atoms with Gasteiger partial charge in [-0.2, -0.15) is 0 Å². The van der Waals surface area contributed by atoms with Gasteiger partial charge < -0.3 is 0 Å². The van der Waals surface area contributed by atoms with Crippen LogP contribution in [0.5, 0.6) is 0 Å². The van der Waals surface area contributed by atoms with E-state index in [2.05, 4.69) is 27.6 Å². The minimum atomic E-state index is -0.234. The molecule has 0 saturated carbocycles. The van der Waals surface area contributed by atoms with E-state index in [1.54, 1.807) is 6.07 Å². The van der Waals surface area contributed by atoms with E-state index in [0.717, 1.165) is 26.1 Å². The molecule has 0 aliphatic heterocycles. The maximum Gasteiger partial charge on any atom is 0.132 e. The average Bonchev–Trinajstić information content (AvgIpc) is 2.77. The molecule has 0 N–H and O–H groups in total. The normalized spacial score (nSPS) is 12.8. The number of halogens is 4. The highest BCUT2D eigenvalue weighted by atomic mass is 127. The van der Waals surface area contributed by atoms with Gasteiger partial charge in [0.05, 0.1) is 27.1 Å². The van der Waals surface area contributed by atoms with Gasteiger partial charge in [0.2, 0.25) is 0 Å². The Bertz CT molecular complexity index is 827. The first-order valence-electron chi connectivity index (χ1n) is 6.25. The number of alkyl halides is 1. The summed E-state index contributed by atoms with van der Waals surface area (Å²) < 4.78 is 3.11. The van der Waals surface area contributed by atoms with Gasteiger partial charge in [0.15, 0.2) is 0 Å². The molecule has 2 aromatic carbocycles. The third kappa shape index (κ3) is 2.89. The van der Waals surface area contributed by atoms with E-state index in [1.165, 1.54) is 0 Å². The molecule has 0 fully saturated rings. The van der Waals surface area contributed by atoms with Crippen molar-refractivity contribution in [3.8, 4) is 5.69 Å². The second-order valence-corrected chi connectivity index (χ2v) is 7.39. The van der Waals surface area contributed by atoms with E-state index in [4.69, 9.17) is 34.8 Å². The van der Waals surface area contributed by atoms with Crippen molar-refractivity contribution in [3.05, 3.63) is 55.8 Å². The molecule has 1 aromatic heterocycles. The highest BCUT2D eigenvalue weighted by Crippen LogP contribution is 2.33. The number of fused-ring (bicyclic) bond motifs is 1. The zero-order chi connectivity index (χ0) is 15.1. The summed E-state index contributed by atoms with van der Waals surface area (Å²) in [6.07, 6.45) is 0. The quantitative estimate of drug-likeness (QED) is 0.333. The summed E-state index contributed by atoms with van der Waals surface area (Å²) in [4.78, 5) is 4.65. The van der Waals surface area contributed by atoms with Crippen molar-refractivity contribution < 1.29 is 0 Å². The van der Waals surface area contributed by atoms with Gasteiger partial charge in [-0.1, -0.05) is 23.2 Å². The highest BCUT2D eigenvalue weighted by Gasteiger charge is 2.18. The monoisotopic (exact) mass is 450 g/mol. The van der Waals surface area contributed by atoms with Crippen LogP contribution in [0.3, 0.4) is 0 Å². The fourth-order valence-electron chi connectivity index (χ4n) is 2.25. The minimum absolute atomic E-state index is 0.234. The third-order valence-electron chi connectivity index (χ3n) is 3.15. The Kier molecular flexibility index (Phi) is 4.37. The fourth-order valence-corrected chi connectivity index (χ4v) is 3.37. The van der Waals surface area contributed by atoms with Crippen LogP contribution in [0.4, 0.5) is 0 Å². The number of hydrogen-bond acceptors (Lipinski definition) is 1. The Labute approximate surface area is 151 Å². The average molecular weight is 452 g/mol. The number of imidazole rings is 1. The summed E-state index contributed by atoms with van der Waals surface area (Å²) in [5.41, 5.74) is 2.70. The van der Waals surface area contributed by atoms with Crippen molar-refractivity contribution in [2.75, 3.05) is 0 Å². The highest BCUT2D eigenvalue weighted by molar-refractivity contribution is 14.1. The maximum atomic E-state index is 6.35. The van der Waals surface area contributed by atoms with Crippen molar-refractivity contribution in [1.82, 2.24) is 9.55 Å². The van der Waals surface area contributed by atoms with Crippen LogP contribution < -0.4 is 0 Å². The predicted octanol–water partition coefficient (Wildman–Crippen LogP) is 6.24. The maximum absolute atomic E-state index is 6.35. The zero-order valence-corrected chi connectivity index (χ0v) is 15.4. The molecule has 0 spiro atoms. The van der Waals surface area contributed by atoms with E-state index >= 15 is 0 Å². The Morgan fingerprint density at radius 2 is 1.90 bits per heavy atom. The number of benzene rings is 2. The molecule has 6 heteroatoms. The molecule has 1 atom stereocenters. The first-order valence-corrected chi connectivity index (χ1v) is 8.52. The lowest BCUT2D eigenvalue weighted by Crippen LogP contribution is -2.02. The minimum Gasteiger partial charge on any atom is -0.294 e. The molecule has 108 valence electrons. The van der Waals surface area contributed by atoms with Crippen LogP contribution in [0.2, 0.25) is 10.0 Å². The topological polar surface area (TPSA) is 17.8 Å². The van der Waals surface area contributed by atoms with Crippen LogP contribution in [-0.4, -0.2) is 9.55 Å². The van der Waals surface area contributed by atoms with Crippen molar-refractivity contribution in [3.63, 3.8) is 0 Å². The van der Waals surface area contributed by atoms with Crippen LogP contribution in [0, 0.1) is 3.57 Å². The molecule has 0 saturated heterocycles. The molecule has 0 radical (unpaired) electrons. The van der Waals surface area contributed by atoms with Crippen LogP contribution >= 0.6 is 57.4 Å². The van der Waals surface area contributed by atoms with E-state index < -0.39 is 0 Å². The standard InChI is InChI=1S/C15H10Cl3IN2/c1-8(16)15-20-12-7-10(19)3-5-14(12)21(15)13-4-2-9(17)6-11(13)18/h2-8H,1H3. The Morgan fingerprint density at radius 1 is 1.14 bits per heavy atom. The van der Waals surface area contributed by atoms with Crippen molar-refractivity contribution in [2.45, 2.75) is 12.3 Å². The van der Waals surface area contributed by atoms with Gasteiger partial charge in [0.1, 0.15) is 5.82 Å². The van der Waals surface area contributed by atoms with E-state index in [0.29, 0.717) is 10.0 Å². The lowest BCUT2D eigenvalue weighted by molar-refractivity contribution is 0.883. The molecular weight excluding hydrogens is 441 g/mol. The smallest absolute Gasteiger partial charge is 0.132 e. The SMILES string of the molecule is CC(Cl)c1nc2cc(I)ccc2n1-c1ccc(Cl)cc1Cl. The summed E-state index contributed by atoms with van der Waals surface area (Å²) in [7, 11) is 0. The molecular formula is C15H10Cl3IN2. The Morgan fingerprint density at radius 3 is 2.57 bits per heavy atom. The second-order valence-electron chi connectivity index (χ2n) is 4.65. The molecule has 3 rings (SSSR count). The number of nitrogens with zero attached hydrogens (tertiary/aromatic N) is 2. The van der Waals surface area contributed by atoms with Gasteiger partial charge >= 0.3 is 0 Å². The zero-order valence-electron chi connectivity index (χ0n) is 10.9. The van der Waals surface area contributed by atoms with Crippen LogP contribution in [0.1, 0.15) is 18.1 Å². The molecule has 2 nitrogen and oxygen atoms in total. The molecule has 0 aliphatic carbocycles. The lowest BCUT2D eigenvalue weighted by Gasteiger charge is -2.12. The molecule has 3 aromatic rings. The summed E-state index contributed by atoms with van der Waals surface area (Å²) >= 11 is 20.9. The van der Waals surface area contributed by atoms with E-state index in [9.17, 15) is 0 Å². The number of hydrogen-bond donors (Lipinski definition) is 0. The molecule has 1 unspecified atom stereocenters. The van der Waals surface area contributed by atoms with Gasteiger partial charge in [0.25, 0.3) is 0 Å². The summed E-state index contributed by atoms with van der Waals surface area (Å²) in [5, 5.41) is 0.934. The fraction of sp³-hybridized carbons (Fsp3) is 0.133. The predicted molar refractivity (Wildman–Crippen MR) is 98.1 cm³/mol. The molecule has 0 aliphatic rings. The number of rotatable bonds is 2. The molecule has 21 heavy (non-hydrogen) atoms. The first kappa shape index (κ1) is 15.4. The third-order valence-corrected chi connectivity index (χ3v) is 4.55. The number of aromatic nitrogens is 2. The molecule has 0 amide bonds. The van der Waals surface area contributed by atoms with E-state index in [-0.39, 0.29) is 5.38 Å². The lowest BCUT2D eigenvalue weighted by atomic mass is 10.2. The van der Waals surface area contributed by atoms with Gasteiger partial charge in [-0.3, -0.25) is 4.57 Å². The van der Waals surface area contributed by atoms with Gasteiger partial charge in [0, 0.05) is 8.59 Å². The Hall–Kier alpha value is -0.490. The summed E-state index contributed by atoms with van der Waals surface area (Å²) in [6.45, 7) is 1.90. The summed E-state index contributed by atoms with van der Waals surface area (Å²) in [5.74, 6) is 0.762. The van der Waals surface area contributed by atoms with Crippen LogP contribution in [0.25, 0.3) is 16.7 Å². The van der Waals surface area contributed by atoms with Crippen molar-refractivity contribution in [1.29, 1.82) is 0 Å². The Balaban J connectivity index is 2.36. The van der Waals surface area contributed by atoms with Gasteiger partial charge in [-0.05, 0) is 65.9 Å². The van der Waals surface area contributed by atoms with E-state index in [1.807, 2.05) is 41.8 Å². The van der Waals surface area contributed by atoms with Crippen molar-refractivity contribution >= 4 is 68.4 Å². The van der Waals surface area contributed by atoms with Crippen LogP contribution in [-0.2, 0) is 0 Å². The van der Waals surface area contributed by atoms with Crippen molar-refractivity contribution in [2.24, 2.45) is 0 Å². The summed E-state index contributed by atoms with van der Waals surface area (Å²) in [6, 6.07) is 11.5. The first-order chi connectivity index (χ1) is 9.97. The molecule has 1 heterocycles. The second kappa shape index (κ2) is 5.95. The largest absolute Gasteiger partial charge is 0.294 e.